The fourth-order valence-electron chi connectivity index (χ4n) is 3.45. The molecule has 2 aliphatic rings. The summed E-state index contributed by atoms with van der Waals surface area (Å²) in [5.74, 6) is 0.403. The summed E-state index contributed by atoms with van der Waals surface area (Å²) in [6.07, 6.45) is 2.46. The van der Waals surface area contributed by atoms with Gasteiger partial charge in [-0.3, -0.25) is 0 Å². The predicted octanol–water partition coefficient (Wildman–Crippen LogP) is 1.10. The Balaban J connectivity index is 2.05. The quantitative estimate of drug-likeness (QED) is 0.896. The van der Waals surface area contributed by atoms with Gasteiger partial charge in [0.25, 0.3) is 0 Å². The van der Waals surface area contributed by atoms with E-state index in [4.69, 9.17) is 10.00 Å². The van der Waals surface area contributed by atoms with Crippen LogP contribution >= 0.6 is 0 Å². The van der Waals surface area contributed by atoms with Gasteiger partial charge >= 0.3 is 0 Å². The number of piperidine rings is 1. The molecule has 1 saturated heterocycles. The lowest BCUT2D eigenvalue weighted by Gasteiger charge is -2.34. The highest BCUT2D eigenvalue weighted by atomic mass is 32.2. The van der Waals surface area contributed by atoms with Crippen molar-refractivity contribution in [3.63, 3.8) is 0 Å². The van der Waals surface area contributed by atoms with Crippen LogP contribution in [-0.4, -0.2) is 43.6 Å². The van der Waals surface area contributed by atoms with Crippen LogP contribution in [0.5, 0.6) is 5.75 Å². The number of methoxy groups -OCH3 is 1. The molecule has 1 saturated carbocycles. The number of rotatable bonds is 4. The predicted molar refractivity (Wildman–Crippen MR) is 78.8 cm³/mol. The summed E-state index contributed by atoms with van der Waals surface area (Å²) in [4.78, 5) is 0.0503. The molecular weight excluding hydrogens is 304 g/mol. The number of fused-ring (bicyclic) bond motifs is 1. The van der Waals surface area contributed by atoms with Crippen LogP contribution < -0.4 is 4.74 Å². The van der Waals surface area contributed by atoms with Gasteiger partial charge in [-0.2, -0.15) is 9.57 Å². The highest BCUT2D eigenvalue weighted by Gasteiger charge is 2.62. The van der Waals surface area contributed by atoms with E-state index in [-0.39, 0.29) is 23.2 Å². The van der Waals surface area contributed by atoms with Gasteiger partial charge in [0.05, 0.1) is 30.9 Å². The lowest BCUT2D eigenvalue weighted by atomic mass is 10.1. The molecule has 1 aliphatic heterocycles. The third-order valence-corrected chi connectivity index (χ3v) is 6.76. The summed E-state index contributed by atoms with van der Waals surface area (Å²) in [5, 5.41) is 18.6. The molecule has 0 aromatic heterocycles. The van der Waals surface area contributed by atoms with Gasteiger partial charge in [0.2, 0.25) is 10.0 Å². The van der Waals surface area contributed by atoms with Gasteiger partial charge in [0.15, 0.2) is 0 Å². The molecule has 1 aromatic carbocycles. The zero-order chi connectivity index (χ0) is 16.0. The molecule has 3 rings (SSSR count). The summed E-state index contributed by atoms with van der Waals surface area (Å²) in [7, 11) is -2.39. The first-order chi connectivity index (χ1) is 10.5. The number of benzene rings is 1. The monoisotopic (exact) mass is 322 g/mol. The molecule has 118 valence electrons. The van der Waals surface area contributed by atoms with Crippen LogP contribution in [0.4, 0.5) is 0 Å². The third-order valence-electron chi connectivity index (χ3n) is 4.74. The highest BCUT2D eigenvalue weighted by molar-refractivity contribution is 7.89. The Morgan fingerprint density at radius 2 is 2.32 bits per heavy atom. The Labute approximate surface area is 130 Å². The minimum Gasteiger partial charge on any atom is -0.495 e. The van der Waals surface area contributed by atoms with Gasteiger partial charge in [-0.15, -0.1) is 0 Å². The molecule has 6 nitrogen and oxygen atoms in total. The average Bonchev–Trinajstić information content (AvgIpc) is 3.28. The number of ether oxygens (including phenoxy) is 1. The topological polar surface area (TPSA) is 90.6 Å². The standard InChI is InChI=1S/C15H18N2O4S/c1-21-13-7-11(9-16)4-5-14(13)22(19,20)17-6-2-3-12-8-15(12,17)10-18/h4-5,7,12,18H,2-3,6,8,10H2,1H3/t12-,15-/m1/s1. The molecule has 0 amide bonds. The van der Waals surface area contributed by atoms with E-state index in [9.17, 15) is 13.5 Å². The zero-order valence-electron chi connectivity index (χ0n) is 12.3. The number of hydrogen-bond acceptors (Lipinski definition) is 5. The average molecular weight is 322 g/mol. The van der Waals surface area contributed by atoms with E-state index in [1.165, 1.54) is 29.6 Å². The SMILES string of the molecule is COc1cc(C#N)ccc1S(=O)(=O)N1CCC[C@@H]2C[C@@]21CO. The van der Waals surface area contributed by atoms with Gasteiger partial charge in [0.1, 0.15) is 10.6 Å². The maximum Gasteiger partial charge on any atom is 0.247 e. The van der Waals surface area contributed by atoms with Gasteiger partial charge in [0, 0.05) is 6.54 Å². The first-order valence-electron chi connectivity index (χ1n) is 7.21. The number of aliphatic hydroxyl groups is 1. The Morgan fingerprint density at radius 1 is 1.55 bits per heavy atom. The van der Waals surface area contributed by atoms with Crippen LogP contribution in [0.3, 0.4) is 0 Å². The molecule has 0 spiro atoms. The third kappa shape index (κ3) is 2.10. The van der Waals surface area contributed by atoms with E-state index in [2.05, 4.69) is 0 Å². The molecular formula is C15H18N2O4S. The number of nitriles is 1. The summed E-state index contributed by atoms with van der Waals surface area (Å²) in [6.45, 7) is 0.248. The van der Waals surface area contributed by atoms with Crippen LogP contribution in [0.15, 0.2) is 23.1 Å². The van der Waals surface area contributed by atoms with Crippen molar-refractivity contribution in [2.24, 2.45) is 5.92 Å². The first-order valence-corrected chi connectivity index (χ1v) is 8.65. The smallest absolute Gasteiger partial charge is 0.247 e. The van der Waals surface area contributed by atoms with Gasteiger partial charge in [-0.25, -0.2) is 8.42 Å². The molecule has 2 fully saturated rings. The van der Waals surface area contributed by atoms with Crippen LogP contribution in [0, 0.1) is 17.2 Å². The molecule has 1 aliphatic carbocycles. The number of nitrogens with zero attached hydrogens (tertiary/aromatic N) is 2. The maximum atomic E-state index is 13.0. The summed E-state index contributed by atoms with van der Waals surface area (Å²) >= 11 is 0. The van der Waals surface area contributed by atoms with Crippen LogP contribution in [0.25, 0.3) is 0 Å². The summed E-state index contributed by atoms with van der Waals surface area (Å²) in [6, 6.07) is 6.26. The lowest BCUT2D eigenvalue weighted by Crippen LogP contribution is -2.48. The minimum atomic E-state index is -3.77. The van der Waals surface area contributed by atoms with E-state index in [1.807, 2.05) is 6.07 Å². The van der Waals surface area contributed by atoms with Crippen molar-refractivity contribution >= 4 is 10.0 Å². The van der Waals surface area contributed by atoms with Crippen molar-refractivity contribution < 1.29 is 18.3 Å². The second-order valence-corrected chi connectivity index (χ2v) is 7.69. The van der Waals surface area contributed by atoms with Crippen molar-refractivity contribution in [1.82, 2.24) is 4.31 Å². The highest BCUT2D eigenvalue weighted by Crippen LogP contribution is 2.55. The van der Waals surface area contributed by atoms with Gasteiger partial charge in [-0.1, -0.05) is 0 Å². The van der Waals surface area contributed by atoms with Crippen LogP contribution in [0.1, 0.15) is 24.8 Å². The molecule has 0 radical (unpaired) electrons. The van der Waals surface area contributed by atoms with Gasteiger partial charge < -0.3 is 9.84 Å². The molecule has 2 atom stereocenters. The summed E-state index contributed by atoms with van der Waals surface area (Å²) < 4.78 is 32.6. The fourth-order valence-corrected chi connectivity index (χ4v) is 5.45. The summed E-state index contributed by atoms with van der Waals surface area (Å²) in [5.41, 5.74) is -0.300. The molecule has 1 heterocycles. The largest absolute Gasteiger partial charge is 0.495 e. The van der Waals surface area contributed by atoms with E-state index < -0.39 is 15.6 Å². The van der Waals surface area contributed by atoms with Crippen molar-refractivity contribution in [2.75, 3.05) is 20.3 Å². The molecule has 0 bridgehead atoms. The second kappa shape index (κ2) is 5.23. The van der Waals surface area contributed by atoms with Crippen molar-refractivity contribution in [1.29, 1.82) is 5.26 Å². The van der Waals surface area contributed by atoms with Crippen molar-refractivity contribution in [3.05, 3.63) is 23.8 Å². The van der Waals surface area contributed by atoms with E-state index >= 15 is 0 Å². The lowest BCUT2D eigenvalue weighted by molar-refractivity contribution is 0.137. The molecule has 1 aromatic rings. The van der Waals surface area contributed by atoms with Crippen LogP contribution in [-0.2, 0) is 10.0 Å². The molecule has 0 unspecified atom stereocenters. The van der Waals surface area contributed by atoms with Crippen molar-refractivity contribution in [2.45, 2.75) is 29.7 Å². The van der Waals surface area contributed by atoms with E-state index in [0.717, 1.165) is 12.8 Å². The Kier molecular flexibility index (Phi) is 3.63. The molecule has 22 heavy (non-hydrogen) atoms. The maximum absolute atomic E-state index is 13.0. The first kappa shape index (κ1) is 15.3. The second-order valence-electron chi connectivity index (χ2n) is 5.86. The van der Waals surface area contributed by atoms with Crippen LogP contribution in [0.2, 0.25) is 0 Å². The Bertz CT molecular complexity index is 740. The molecule has 7 heteroatoms. The van der Waals surface area contributed by atoms with Gasteiger partial charge in [-0.05, 0) is 43.4 Å². The number of aliphatic hydroxyl groups excluding tert-OH is 1. The Morgan fingerprint density at radius 3 is 2.95 bits per heavy atom. The Hall–Kier alpha value is -1.62. The van der Waals surface area contributed by atoms with Crippen molar-refractivity contribution in [3.8, 4) is 11.8 Å². The number of hydrogen-bond donors (Lipinski definition) is 1. The zero-order valence-corrected chi connectivity index (χ0v) is 13.1. The minimum absolute atomic E-state index is 0.0503. The normalized spacial score (nSPS) is 27.8. The molecule has 1 N–H and O–H groups in total. The fraction of sp³-hybridized carbons (Fsp3) is 0.533. The number of sulfonamides is 1. The van der Waals surface area contributed by atoms with E-state index in [0.29, 0.717) is 18.5 Å². The van der Waals surface area contributed by atoms with E-state index in [1.54, 1.807) is 0 Å².